The number of nitriles is 1. The van der Waals surface area contributed by atoms with E-state index in [1.54, 1.807) is 6.08 Å². The topological polar surface area (TPSA) is 82.0 Å². The van der Waals surface area contributed by atoms with Crippen LogP contribution in [0.5, 0.6) is 0 Å². The number of hydrogen-bond acceptors (Lipinski definition) is 5. The first-order chi connectivity index (χ1) is 16.5. The molecule has 1 aliphatic rings. The third kappa shape index (κ3) is 6.16. The standard InChI is InChI=1S/C27H25N3O2S2/c1-18-10-12-22-23(16-28)27(34-24(22)14-18)30-26(32)17-33-21-9-5-8-20(15-21)29-25(31)13-11-19-6-3-2-4-7-19/h2-9,11,13,15,18H,10,12,14,17H2,1H3,(H,29,31)(H,30,32)/b13-11+. The Kier molecular flexibility index (Phi) is 7.84. The van der Waals surface area contributed by atoms with Gasteiger partial charge in [0.05, 0.1) is 11.3 Å². The van der Waals surface area contributed by atoms with Crippen LogP contribution >= 0.6 is 23.1 Å². The zero-order valence-corrected chi connectivity index (χ0v) is 20.5. The summed E-state index contributed by atoms with van der Waals surface area (Å²) in [5.41, 5.74) is 3.35. The van der Waals surface area contributed by atoms with E-state index in [-0.39, 0.29) is 17.6 Å². The molecule has 1 atom stereocenters. The Balaban J connectivity index is 1.32. The van der Waals surface area contributed by atoms with Crippen LogP contribution < -0.4 is 10.6 Å². The van der Waals surface area contributed by atoms with Crippen molar-refractivity contribution in [2.24, 2.45) is 5.92 Å². The molecule has 1 aliphatic carbocycles. The molecular weight excluding hydrogens is 462 g/mol. The number of nitrogens with zero attached hydrogens (tertiary/aromatic N) is 1. The Labute approximate surface area is 207 Å². The van der Waals surface area contributed by atoms with E-state index in [9.17, 15) is 14.9 Å². The summed E-state index contributed by atoms with van der Waals surface area (Å²) in [6.45, 7) is 2.22. The lowest BCUT2D eigenvalue weighted by molar-refractivity contribution is -0.114. The van der Waals surface area contributed by atoms with Crippen LogP contribution in [0.15, 0.2) is 65.6 Å². The van der Waals surface area contributed by atoms with Gasteiger partial charge in [-0.1, -0.05) is 43.3 Å². The molecule has 34 heavy (non-hydrogen) atoms. The molecule has 0 aliphatic heterocycles. The minimum absolute atomic E-state index is 0.145. The predicted molar refractivity (Wildman–Crippen MR) is 140 cm³/mol. The first-order valence-corrected chi connectivity index (χ1v) is 12.9. The molecule has 5 nitrogen and oxygen atoms in total. The van der Waals surface area contributed by atoms with Crippen LogP contribution in [-0.2, 0) is 22.4 Å². The van der Waals surface area contributed by atoms with E-state index in [0.717, 1.165) is 35.3 Å². The van der Waals surface area contributed by atoms with E-state index in [4.69, 9.17) is 0 Å². The average molecular weight is 488 g/mol. The molecule has 172 valence electrons. The van der Waals surface area contributed by atoms with Crippen molar-refractivity contribution in [1.82, 2.24) is 0 Å². The van der Waals surface area contributed by atoms with Crippen molar-refractivity contribution in [2.75, 3.05) is 16.4 Å². The number of rotatable bonds is 7. The number of carbonyl (C=O) groups excluding carboxylic acids is 2. The highest BCUT2D eigenvalue weighted by Crippen LogP contribution is 2.39. The molecule has 0 saturated carbocycles. The summed E-state index contributed by atoms with van der Waals surface area (Å²) in [5.74, 6) is 0.463. The summed E-state index contributed by atoms with van der Waals surface area (Å²) in [5, 5.41) is 16.1. The smallest absolute Gasteiger partial charge is 0.248 e. The Morgan fingerprint density at radius 2 is 2.00 bits per heavy atom. The fourth-order valence-corrected chi connectivity index (χ4v) is 5.98. The summed E-state index contributed by atoms with van der Waals surface area (Å²) in [4.78, 5) is 26.9. The summed E-state index contributed by atoms with van der Waals surface area (Å²) >= 11 is 2.92. The normalized spacial score (nSPS) is 14.9. The maximum absolute atomic E-state index is 12.6. The fourth-order valence-electron chi connectivity index (χ4n) is 3.85. The van der Waals surface area contributed by atoms with Crippen LogP contribution in [0.2, 0.25) is 0 Å². The molecule has 2 N–H and O–H groups in total. The molecule has 1 aromatic heterocycles. The molecule has 4 rings (SSSR count). The number of benzene rings is 2. The molecule has 3 aromatic rings. The number of nitrogens with one attached hydrogen (secondary N) is 2. The first kappa shape index (κ1) is 23.8. The van der Waals surface area contributed by atoms with Gasteiger partial charge in [0.15, 0.2) is 0 Å². The van der Waals surface area contributed by atoms with Gasteiger partial charge in [-0.3, -0.25) is 9.59 Å². The summed E-state index contributed by atoms with van der Waals surface area (Å²) in [6, 6.07) is 19.3. The quantitative estimate of drug-likeness (QED) is 0.310. The van der Waals surface area contributed by atoms with Gasteiger partial charge in [-0.05, 0) is 60.6 Å². The van der Waals surface area contributed by atoms with E-state index in [0.29, 0.717) is 22.2 Å². The van der Waals surface area contributed by atoms with Gasteiger partial charge >= 0.3 is 0 Å². The van der Waals surface area contributed by atoms with Gasteiger partial charge in [0.2, 0.25) is 11.8 Å². The van der Waals surface area contributed by atoms with Crippen LogP contribution in [0.4, 0.5) is 10.7 Å². The van der Waals surface area contributed by atoms with Gasteiger partial charge in [0.25, 0.3) is 0 Å². The van der Waals surface area contributed by atoms with Gasteiger partial charge in [0, 0.05) is 21.5 Å². The fraction of sp³-hybridized carbons (Fsp3) is 0.222. The van der Waals surface area contributed by atoms with Crippen molar-refractivity contribution in [1.29, 1.82) is 5.26 Å². The van der Waals surface area contributed by atoms with Crippen molar-refractivity contribution in [3.63, 3.8) is 0 Å². The molecule has 7 heteroatoms. The van der Waals surface area contributed by atoms with Gasteiger partial charge in [0.1, 0.15) is 11.1 Å². The Morgan fingerprint density at radius 3 is 2.79 bits per heavy atom. The average Bonchev–Trinajstić information content (AvgIpc) is 3.18. The van der Waals surface area contributed by atoms with Crippen LogP contribution in [0.1, 0.15) is 34.9 Å². The first-order valence-electron chi connectivity index (χ1n) is 11.1. The summed E-state index contributed by atoms with van der Waals surface area (Å²) < 4.78 is 0. The molecule has 0 fully saturated rings. The lowest BCUT2D eigenvalue weighted by atomic mass is 9.89. The van der Waals surface area contributed by atoms with Crippen molar-refractivity contribution in [3.05, 3.63) is 82.2 Å². The second kappa shape index (κ2) is 11.2. The van der Waals surface area contributed by atoms with E-state index < -0.39 is 0 Å². The Bertz CT molecular complexity index is 1260. The van der Waals surface area contributed by atoms with Crippen molar-refractivity contribution in [2.45, 2.75) is 31.1 Å². The highest BCUT2D eigenvalue weighted by molar-refractivity contribution is 8.00. The number of fused-ring (bicyclic) bond motifs is 1. The van der Waals surface area contributed by atoms with Gasteiger partial charge in [-0.25, -0.2) is 0 Å². The minimum atomic E-state index is -0.219. The second-order valence-electron chi connectivity index (χ2n) is 8.27. The number of thiophene rings is 1. The minimum Gasteiger partial charge on any atom is -0.322 e. The highest BCUT2D eigenvalue weighted by Gasteiger charge is 2.24. The lowest BCUT2D eigenvalue weighted by Crippen LogP contribution is -2.14. The zero-order chi connectivity index (χ0) is 23.9. The number of thioether (sulfide) groups is 1. The number of carbonyl (C=O) groups is 2. The molecule has 0 radical (unpaired) electrons. The van der Waals surface area contributed by atoms with Crippen LogP contribution in [-0.4, -0.2) is 17.6 Å². The number of hydrogen-bond donors (Lipinski definition) is 2. The third-order valence-corrected chi connectivity index (χ3v) is 7.74. The van der Waals surface area contributed by atoms with Crippen LogP contribution in [0.25, 0.3) is 6.08 Å². The SMILES string of the molecule is CC1CCc2c(sc(NC(=O)CSc3cccc(NC(=O)/C=C/c4ccccc4)c3)c2C#N)C1. The van der Waals surface area contributed by atoms with Gasteiger partial charge < -0.3 is 10.6 Å². The van der Waals surface area contributed by atoms with E-state index >= 15 is 0 Å². The van der Waals surface area contributed by atoms with Crippen molar-refractivity contribution < 1.29 is 9.59 Å². The number of amides is 2. The molecule has 2 aromatic carbocycles. The van der Waals surface area contributed by atoms with Crippen molar-refractivity contribution >= 4 is 51.7 Å². The zero-order valence-electron chi connectivity index (χ0n) is 18.8. The third-order valence-electron chi connectivity index (χ3n) is 5.57. The van der Waals surface area contributed by atoms with Crippen molar-refractivity contribution in [3.8, 4) is 6.07 Å². The molecule has 0 spiro atoms. The molecule has 0 saturated heterocycles. The van der Waals surface area contributed by atoms with Gasteiger partial charge in [-0.2, -0.15) is 5.26 Å². The summed E-state index contributed by atoms with van der Waals surface area (Å²) in [7, 11) is 0. The predicted octanol–water partition coefficient (Wildman–Crippen LogP) is 6.13. The van der Waals surface area contributed by atoms with E-state index in [1.165, 1.54) is 34.1 Å². The Morgan fingerprint density at radius 1 is 1.18 bits per heavy atom. The molecule has 2 amide bonds. The lowest BCUT2D eigenvalue weighted by Gasteiger charge is -2.17. The largest absolute Gasteiger partial charge is 0.322 e. The maximum atomic E-state index is 12.6. The maximum Gasteiger partial charge on any atom is 0.248 e. The highest BCUT2D eigenvalue weighted by atomic mass is 32.2. The molecule has 0 bridgehead atoms. The molecule has 1 unspecified atom stereocenters. The van der Waals surface area contributed by atoms with Crippen LogP contribution in [0.3, 0.4) is 0 Å². The van der Waals surface area contributed by atoms with Gasteiger partial charge in [-0.15, -0.1) is 23.1 Å². The van der Waals surface area contributed by atoms with E-state index in [2.05, 4.69) is 23.6 Å². The van der Waals surface area contributed by atoms with Crippen LogP contribution in [0, 0.1) is 17.2 Å². The monoisotopic (exact) mass is 487 g/mol. The molecule has 1 heterocycles. The molecular formula is C27H25N3O2S2. The van der Waals surface area contributed by atoms with E-state index in [1.807, 2.05) is 54.6 Å². The summed E-state index contributed by atoms with van der Waals surface area (Å²) in [6.07, 6.45) is 6.21. The number of anilines is 2. The second-order valence-corrected chi connectivity index (χ2v) is 10.4. The Hall–Kier alpha value is -3.34.